The Kier molecular flexibility index (Phi) is 20.4. The van der Waals surface area contributed by atoms with Crippen LogP contribution in [0.5, 0.6) is 0 Å². The van der Waals surface area contributed by atoms with Crippen molar-refractivity contribution in [3.63, 3.8) is 0 Å². The number of nitriles is 2. The number of halogens is 11. The van der Waals surface area contributed by atoms with Gasteiger partial charge < -0.3 is 10.2 Å². The van der Waals surface area contributed by atoms with Crippen LogP contribution in [-0.2, 0) is 42.7 Å². The lowest BCUT2D eigenvalue weighted by Crippen LogP contribution is -2.59. The predicted octanol–water partition coefficient (Wildman–Crippen LogP) is 12.2. The number of hydrogen-bond donors (Lipinski definition) is 1. The van der Waals surface area contributed by atoms with E-state index in [9.17, 15) is 70.3 Å². The van der Waals surface area contributed by atoms with Crippen molar-refractivity contribution in [2.75, 3.05) is 23.3 Å². The van der Waals surface area contributed by atoms with Crippen molar-refractivity contribution >= 4 is 54.2 Å². The van der Waals surface area contributed by atoms with Crippen molar-refractivity contribution in [3.8, 4) is 12.1 Å². The molecule has 4 aromatic carbocycles. The number of carbonyl (C=O) groups is 2. The summed E-state index contributed by atoms with van der Waals surface area (Å²) in [6, 6.07) is 22.6. The molecule has 4 fully saturated rings. The minimum absolute atomic E-state index is 0.0169. The summed E-state index contributed by atoms with van der Waals surface area (Å²) in [5.41, 5.74) is 6.27. The fourth-order valence-corrected chi connectivity index (χ4v) is 14.0. The molecule has 0 radical (unpaired) electrons. The van der Waals surface area contributed by atoms with Crippen LogP contribution in [0.4, 0.5) is 55.3 Å². The summed E-state index contributed by atoms with van der Waals surface area (Å²) in [5, 5.41) is 20.2. The molecule has 4 heterocycles. The van der Waals surface area contributed by atoms with Gasteiger partial charge in [0.05, 0.1) is 47.7 Å². The molecule has 448 valence electrons. The van der Waals surface area contributed by atoms with Gasteiger partial charge in [0.1, 0.15) is 12.1 Å². The van der Waals surface area contributed by atoms with Crippen LogP contribution in [0, 0.1) is 80.8 Å². The molecule has 6 aromatic rings. The van der Waals surface area contributed by atoms with Gasteiger partial charge in [-0.3, -0.25) is 19.6 Å². The van der Waals surface area contributed by atoms with Crippen LogP contribution >= 0.6 is 11.6 Å². The first-order valence-electron chi connectivity index (χ1n) is 26.7. The zero-order valence-electron chi connectivity index (χ0n) is 44.8. The number of amides is 1. The standard InChI is InChI=1S/C29H25F5N4O3S.C19H21N3.C10H5ClF5NO3S/c30-23-24(31)26(33)28(27(34)25(23)32)42(40,41)38-13-12-22(38)29(39)37(21-10-6-17(14-35)7-11-21)16-20-9-8-19(15-36-20)18-4-2-1-3-5-18;20-12-15-6-9-18(10-7-15)22-14-19-11-8-17(13-21-19)16-4-2-1-3-5-16;11-10(18)3-1-2-17(3)21(19,20)9-7(15)5(13)4(12)6(14)8(9)16/h6-11,15,18,22H,1-5,12-13,16H2;6-11,13,16,22H,1-5,14H2;3H,1-2H2/t22-;;3-/m1.1/s1. The smallest absolute Gasteiger partial charge is 0.249 e. The van der Waals surface area contributed by atoms with Crippen molar-refractivity contribution in [2.24, 2.45) is 0 Å². The van der Waals surface area contributed by atoms with E-state index in [0.29, 0.717) is 39.5 Å². The maximum atomic E-state index is 14.4. The highest BCUT2D eigenvalue weighted by Crippen LogP contribution is 2.38. The number of rotatable bonds is 14. The first-order valence-corrected chi connectivity index (χ1v) is 30.0. The highest BCUT2D eigenvalue weighted by Gasteiger charge is 2.49. The number of nitrogens with zero attached hydrogens (tertiary/aromatic N) is 7. The van der Waals surface area contributed by atoms with Gasteiger partial charge in [-0.2, -0.15) is 19.1 Å². The largest absolute Gasteiger partial charge is 0.379 e. The maximum absolute atomic E-state index is 14.4. The Labute approximate surface area is 487 Å². The fourth-order valence-electron chi connectivity index (χ4n) is 10.3. The Morgan fingerprint density at radius 2 is 0.918 bits per heavy atom. The topological polar surface area (TPSA) is 198 Å². The van der Waals surface area contributed by atoms with Gasteiger partial charge in [-0.1, -0.05) is 50.7 Å². The van der Waals surface area contributed by atoms with Crippen molar-refractivity contribution in [1.29, 1.82) is 10.5 Å². The van der Waals surface area contributed by atoms with Gasteiger partial charge in [0.25, 0.3) is 0 Å². The molecule has 1 N–H and O–H groups in total. The molecule has 10 rings (SSSR count). The third kappa shape index (κ3) is 13.8. The molecule has 2 saturated carbocycles. The molecule has 0 bridgehead atoms. The molecule has 14 nitrogen and oxygen atoms in total. The van der Waals surface area contributed by atoms with E-state index in [0.717, 1.165) is 42.6 Å². The summed E-state index contributed by atoms with van der Waals surface area (Å²) in [4.78, 5) is 31.0. The van der Waals surface area contributed by atoms with E-state index >= 15 is 0 Å². The van der Waals surface area contributed by atoms with Gasteiger partial charge in [-0.25, -0.2) is 60.7 Å². The quantitative estimate of drug-likeness (QED) is 0.0471. The minimum atomic E-state index is -5.31. The summed E-state index contributed by atoms with van der Waals surface area (Å²) < 4.78 is 187. The molecular formula is C58H51ClF10N8O6S2. The van der Waals surface area contributed by atoms with Gasteiger partial charge in [-0.15, -0.1) is 0 Å². The number of pyridine rings is 2. The second-order valence-electron chi connectivity index (χ2n) is 20.4. The second-order valence-corrected chi connectivity index (χ2v) is 24.4. The van der Waals surface area contributed by atoms with Crippen molar-refractivity contribution in [3.05, 3.63) is 177 Å². The molecule has 27 heteroatoms. The summed E-state index contributed by atoms with van der Waals surface area (Å²) in [6.07, 6.45) is 16.0. The monoisotopic (exact) mass is 1240 g/mol. The van der Waals surface area contributed by atoms with Crippen molar-refractivity contribution in [1.82, 2.24) is 18.6 Å². The van der Waals surface area contributed by atoms with Gasteiger partial charge in [0.15, 0.2) is 56.3 Å². The van der Waals surface area contributed by atoms with Gasteiger partial charge in [-0.05, 0) is 134 Å². The van der Waals surface area contributed by atoms with Gasteiger partial charge in [0, 0.05) is 36.9 Å². The molecule has 85 heavy (non-hydrogen) atoms. The Bertz CT molecular complexity index is 3720. The lowest BCUT2D eigenvalue weighted by molar-refractivity contribution is -0.125. The lowest BCUT2D eigenvalue weighted by atomic mass is 9.85. The molecule has 2 atom stereocenters. The zero-order valence-corrected chi connectivity index (χ0v) is 47.1. The van der Waals surface area contributed by atoms with Crippen LogP contribution in [0.3, 0.4) is 0 Å². The Hall–Kier alpha value is -7.49. The lowest BCUT2D eigenvalue weighted by Gasteiger charge is -2.41. The number of carbonyl (C=O) groups excluding carboxylic acids is 2. The van der Waals surface area contributed by atoms with Crippen LogP contribution in [0.25, 0.3) is 0 Å². The number of hydrogen-bond acceptors (Lipinski definition) is 11. The zero-order chi connectivity index (χ0) is 61.5. The van der Waals surface area contributed by atoms with E-state index in [1.54, 1.807) is 12.3 Å². The van der Waals surface area contributed by atoms with Crippen molar-refractivity contribution in [2.45, 2.75) is 124 Å². The summed E-state index contributed by atoms with van der Waals surface area (Å²) in [6.45, 7) is -0.113. The molecular weight excluding hydrogens is 1190 g/mol. The first-order chi connectivity index (χ1) is 40.5. The van der Waals surface area contributed by atoms with E-state index in [4.69, 9.17) is 22.1 Å². The van der Waals surface area contributed by atoms with E-state index in [-0.39, 0.29) is 42.5 Å². The summed E-state index contributed by atoms with van der Waals surface area (Å²) in [7, 11) is -10.4. The minimum Gasteiger partial charge on any atom is -0.379 e. The molecule has 0 unspecified atom stereocenters. The molecule has 4 aliphatic rings. The molecule has 2 aromatic heterocycles. The highest BCUT2D eigenvalue weighted by atomic mass is 35.5. The van der Waals surface area contributed by atoms with Crippen LogP contribution in [0.1, 0.15) is 123 Å². The molecule has 2 saturated heterocycles. The molecule has 0 spiro atoms. The van der Waals surface area contributed by atoms with Crippen LogP contribution in [0.15, 0.2) is 95.0 Å². The first kappa shape index (κ1) is 63.5. The number of sulfonamides is 2. The molecule has 2 aliphatic carbocycles. The van der Waals surface area contributed by atoms with E-state index in [2.05, 4.69) is 33.5 Å². The van der Waals surface area contributed by atoms with Crippen molar-refractivity contribution < 1.29 is 70.3 Å². The van der Waals surface area contributed by atoms with Gasteiger partial charge in [0.2, 0.25) is 42.8 Å². The highest BCUT2D eigenvalue weighted by molar-refractivity contribution is 7.89. The SMILES string of the molecule is N#Cc1ccc(N(Cc2ccc(C3CCCCC3)cn2)C(=O)[C@H]2CCN2S(=O)(=O)c2c(F)c(F)c(F)c(F)c2F)cc1.N#Cc1ccc(NCc2ccc(C3CCCCC3)cn2)cc1.O=C(Cl)[C@H]1CCN1S(=O)(=O)c1c(F)c(F)c(F)c(F)c1F. The number of aromatic nitrogens is 2. The molecule has 2 aliphatic heterocycles. The fraction of sp³-hybridized carbons (Fsp3) is 0.345. The Morgan fingerprint density at radius 1 is 0.529 bits per heavy atom. The average molecular weight is 1250 g/mol. The van der Waals surface area contributed by atoms with E-state index < -0.39 is 111 Å². The number of nitrogens with one attached hydrogen (secondary N) is 1. The second kappa shape index (κ2) is 27.3. The van der Waals surface area contributed by atoms with E-state index in [1.165, 1.54) is 73.3 Å². The Balaban J connectivity index is 0.000000183. The average Bonchev–Trinajstić information content (AvgIpc) is 1.06. The van der Waals surface area contributed by atoms with Crippen LogP contribution in [-0.4, -0.2) is 71.7 Å². The maximum Gasteiger partial charge on any atom is 0.249 e. The summed E-state index contributed by atoms with van der Waals surface area (Å²) in [5.74, 6) is -24.2. The van der Waals surface area contributed by atoms with Gasteiger partial charge >= 0.3 is 0 Å². The number of benzene rings is 4. The Morgan fingerprint density at radius 3 is 1.28 bits per heavy atom. The third-order valence-corrected chi connectivity index (χ3v) is 19.3. The predicted molar refractivity (Wildman–Crippen MR) is 289 cm³/mol. The van der Waals surface area contributed by atoms with Crippen LogP contribution < -0.4 is 10.2 Å². The number of anilines is 2. The van der Waals surface area contributed by atoms with Crippen LogP contribution in [0.2, 0.25) is 0 Å². The summed E-state index contributed by atoms with van der Waals surface area (Å²) >= 11 is 5.09. The normalized spacial score (nSPS) is 17.6. The van der Waals surface area contributed by atoms with E-state index in [1.807, 2.05) is 42.6 Å². The third-order valence-electron chi connectivity index (χ3n) is 15.2. The molecule has 1 amide bonds.